The van der Waals surface area contributed by atoms with E-state index < -0.39 is 34.1 Å². The SMILES string of the molecule is COc1ccc(S(=O)(=O)N(CC(=O)N(Cc2ccc(C)cc2)[C@H](C)C(=O)NC(C)(C)C)c2ccc(Cl)cc2)cc1OC. The summed E-state index contributed by atoms with van der Waals surface area (Å²) in [6.45, 7) is 8.66. The van der Waals surface area contributed by atoms with Crippen molar-refractivity contribution in [1.29, 1.82) is 0 Å². The van der Waals surface area contributed by atoms with E-state index in [1.807, 2.05) is 52.0 Å². The van der Waals surface area contributed by atoms with Gasteiger partial charge in [-0.2, -0.15) is 0 Å². The van der Waals surface area contributed by atoms with Crippen LogP contribution in [0.25, 0.3) is 0 Å². The second-order valence-electron chi connectivity index (χ2n) is 10.9. The molecule has 0 saturated carbocycles. The number of benzene rings is 3. The zero-order valence-corrected chi connectivity index (χ0v) is 26.5. The van der Waals surface area contributed by atoms with Gasteiger partial charge in [0.1, 0.15) is 12.6 Å². The second kappa shape index (κ2) is 13.5. The molecule has 9 nitrogen and oxygen atoms in total. The molecule has 1 N–H and O–H groups in total. The van der Waals surface area contributed by atoms with E-state index in [4.69, 9.17) is 21.1 Å². The van der Waals surface area contributed by atoms with Crippen molar-refractivity contribution in [2.24, 2.45) is 0 Å². The lowest BCUT2D eigenvalue weighted by Crippen LogP contribution is -2.54. The average Bonchev–Trinajstić information content (AvgIpc) is 2.94. The van der Waals surface area contributed by atoms with Crippen molar-refractivity contribution < 1.29 is 27.5 Å². The number of methoxy groups -OCH3 is 2. The summed E-state index contributed by atoms with van der Waals surface area (Å²) < 4.78 is 39.7. The summed E-state index contributed by atoms with van der Waals surface area (Å²) in [7, 11) is -1.45. The number of sulfonamides is 1. The molecule has 0 spiro atoms. The van der Waals surface area contributed by atoms with E-state index in [0.29, 0.717) is 10.8 Å². The topological polar surface area (TPSA) is 105 Å². The molecule has 226 valence electrons. The Morgan fingerprint density at radius 1 is 0.929 bits per heavy atom. The van der Waals surface area contributed by atoms with Crippen LogP contribution in [0.2, 0.25) is 5.02 Å². The van der Waals surface area contributed by atoms with Gasteiger partial charge in [0.25, 0.3) is 10.0 Å². The van der Waals surface area contributed by atoms with Crippen LogP contribution in [0.15, 0.2) is 71.6 Å². The molecule has 0 unspecified atom stereocenters. The number of anilines is 1. The second-order valence-corrected chi connectivity index (χ2v) is 13.2. The average molecular weight is 616 g/mol. The fraction of sp³-hybridized carbons (Fsp3) is 0.355. The van der Waals surface area contributed by atoms with Crippen molar-refractivity contribution in [2.75, 3.05) is 25.1 Å². The number of carbonyl (C=O) groups excluding carboxylic acids is 2. The fourth-order valence-electron chi connectivity index (χ4n) is 4.19. The summed E-state index contributed by atoms with van der Waals surface area (Å²) in [5.41, 5.74) is 1.54. The van der Waals surface area contributed by atoms with E-state index in [-0.39, 0.29) is 28.8 Å². The zero-order valence-electron chi connectivity index (χ0n) is 25.0. The van der Waals surface area contributed by atoms with Gasteiger partial charge in [-0.1, -0.05) is 41.4 Å². The molecule has 0 radical (unpaired) electrons. The van der Waals surface area contributed by atoms with Crippen LogP contribution in [0.3, 0.4) is 0 Å². The minimum atomic E-state index is -4.30. The van der Waals surface area contributed by atoms with Gasteiger partial charge in [-0.25, -0.2) is 8.42 Å². The quantitative estimate of drug-likeness (QED) is 0.318. The molecule has 3 aromatic carbocycles. The summed E-state index contributed by atoms with van der Waals surface area (Å²) in [6, 6.07) is 17.0. The summed E-state index contributed by atoms with van der Waals surface area (Å²) >= 11 is 6.09. The molecule has 0 bridgehead atoms. The first kappa shape index (κ1) is 32.8. The number of hydrogen-bond acceptors (Lipinski definition) is 6. The van der Waals surface area contributed by atoms with Crippen LogP contribution in [0.4, 0.5) is 5.69 Å². The molecule has 0 aliphatic heterocycles. The summed E-state index contributed by atoms with van der Waals surface area (Å²) in [5, 5.41) is 3.32. The standard InChI is InChI=1S/C31H38ClN3O6S/c1-21-8-10-23(11-9-21)19-34(22(2)30(37)33-31(3,4)5)29(36)20-35(25-14-12-24(32)13-15-25)42(38,39)26-16-17-27(40-6)28(18-26)41-7/h8-18,22H,19-20H2,1-7H3,(H,33,37)/t22-/m1/s1. The highest BCUT2D eigenvalue weighted by molar-refractivity contribution is 7.92. The van der Waals surface area contributed by atoms with E-state index in [9.17, 15) is 18.0 Å². The van der Waals surface area contributed by atoms with E-state index in [2.05, 4.69) is 5.32 Å². The first-order valence-electron chi connectivity index (χ1n) is 13.3. The van der Waals surface area contributed by atoms with E-state index >= 15 is 0 Å². The zero-order chi connectivity index (χ0) is 31.2. The van der Waals surface area contributed by atoms with Crippen molar-refractivity contribution in [3.05, 3.63) is 82.9 Å². The van der Waals surface area contributed by atoms with E-state index in [0.717, 1.165) is 15.4 Å². The van der Waals surface area contributed by atoms with Gasteiger partial charge in [0.05, 0.1) is 24.8 Å². The molecule has 42 heavy (non-hydrogen) atoms. The Bertz CT molecular complexity index is 1500. The lowest BCUT2D eigenvalue weighted by molar-refractivity contribution is -0.140. The number of ether oxygens (including phenoxy) is 2. The summed E-state index contributed by atoms with van der Waals surface area (Å²) in [5.74, 6) is -0.349. The molecule has 0 saturated heterocycles. The highest BCUT2D eigenvalue weighted by Gasteiger charge is 2.33. The van der Waals surface area contributed by atoms with Crippen molar-refractivity contribution in [3.8, 4) is 11.5 Å². The minimum absolute atomic E-state index is 0.0999. The van der Waals surface area contributed by atoms with Crippen molar-refractivity contribution in [3.63, 3.8) is 0 Å². The Morgan fingerprint density at radius 2 is 1.52 bits per heavy atom. The van der Waals surface area contributed by atoms with E-state index in [1.54, 1.807) is 19.1 Å². The molecule has 0 heterocycles. The molecule has 0 fully saturated rings. The maximum atomic E-state index is 14.1. The van der Waals surface area contributed by atoms with Gasteiger partial charge in [-0.3, -0.25) is 13.9 Å². The van der Waals surface area contributed by atoms with Crippen molar-refractivity contribution in [2.45, 2.75) is 57.6 Å². The Morgan fingerprint density at radius 3 is 2.07 bits per heavy atom. The molecule has 2 amide bonds. The maximum Gasteiger partial charge on any atom is 0.264 e. The molecular formula is C31H38ClN3O6S. The first-order valence-corrected chi connectivity index (χ1v) is 15.2. The molecule has 1 atom stereocenters. The lowest BCUT2D eigenvalue weighted by Gasteiger charge is -2.33. The van der Waals surface area contributed by atoms with Crippen LogP contribution < -0.4 is 19.1 Å². The van der Waals surface area contributed by atoms with Crippen LogP contribution in [0.1, 0.15) is 38.8 Å². The largest absolute Gasteiger partial charge is 0.493 e. The Hall–Kier alpha value is -3.76. The van der Waals surface area contributed by atoms with E-state index in [1.165, 1.54) is 49.5 Å². The molecule has 0 aromatic heterocycles. The third kappa shape index (κ3) is 8.17. The van der Waals surface area contributed by atoms with Gasteiger partial charge in [-0.15, -0.1) is 0 Å². The van der Waals surface area contributed by atoms with Gasteiger partial charge < -0.3 is 19.7 Å². The Balaban J connectivity index is 2.07. The van der Waals surface area contributed by atoms with Crippen LogP contribution >= 0.6 is 11.6 Å². The third-order valence-electron chi connectivity index (χ3n) is 6.48. The molecule has 0 aliphatic carbocycles. The highest BCUT2D eigenvalue weighted by atomic mass is 35.5. The van der Waals surface area contributed by atoms with Gasteiger partial charge in [0.15, 0.2) is 11.5 Å². The Kier molecular flexibility index (Phi) is 10.5. The molecular weight excluding hydrogens is 578 g/mol. The molecule has 11 heteroatoms. The number of hydrogen-bond donors (Lipinski definition) is 1. The predicted molar refractivity (Wildman–Crippen MR) is 165 cm³/mol. The molecule has 0 aliphatic rings. The van der Waals surface area contributed by atoms with Crippen molar-refractivity contribution in [1.82, 2.24) is 10.2 Å². The minimum Gasteiger partial charge on any atom is -0.493 e. The molecule has 3 rings (SSSR count). The van der Waals surface area contributed by atoms with Crippen LogP contribution in [0.5, 0.6) is 11.5 Å². The smallest absolute Gasteiger partial charge is 0.264 e. The molecule has 3 aromatic rings. The van der Waals surface area contributed by atoms with Crippen LogP contribution in [-0.4, -0.2) is 57.5 Å². The van der Waals surface area contributed by atoms with Gasteiger partial charge in [0.2, 0.25) is 11.8 Å². The maximum absolute atomic E-state index is 14.1. The third-order valence-corrected chi connectivity index (χ3v) is 8.50. The van der Waals surface area contributed by atoms with Gasteiger partial charge in [0, 0.05) is 23.2 Å². The fourth-order valence-corrected chi connectivity index (χ4v) is 5.74. The number of halogens is 1. The monoisotopic (exact) mass is 615 g/mol. The lowest BCUT2D eigenvalue weighted by atomic mass is 10.1. The first-order chi connectivity index (χ1) is 19.7. The summed E-state index contributed by atoms with van der Waals surface area (Å²) in [4.78, 5) is 28.5. The van der Waals surface area contributed by atoms with Gasteiger partial charge in [-0.05, 0) is 76.6 Å². The number of carbonyl (C=O) groups is 2. The van der Waals surface area contributed by atoms with Crippen LogP contribution in [-0.2, 0) is 26.2 Å². The van der Waals surface area contributed by atoms with Crippen LogP contribution in [0, 0.1) is 6.92 Å². The number of rotatable bonds is 11. The highest BCUT2D eigenvalue weighted by Crippen LogP contribution is 2.32. The normalized spacial score (nSPS) is 12.3. The predicted octanol–water partition coefficient (Wildman–Crippen LogP) is 5.19. The van der Waals surface area contributed by atoms with Gasteiger partial charge >= 0.3 is 0 Å². The number of nitrogens with zero attached hydrogens (tertiary/aromatic N) is 2. The van der Waals surface area contributed by atoms with Crippen molar-refractivity contribution >= 4 is 39.1 Å². The Labute approximate surface area is 253 Å². The number of amides is 2. The number of aryl methyl sites for hydroxylation is 1. The number of nitrogens with one attached hydrogen (secondary N) is 1. The summed E-state index contributed by atoms with van der Waals surface area (Å²) in [6.07, 6.45) is 0.